The summed E-state index contributed by atoms with van der Waals surface area (Å²) in [5.74, 6) is -0.455. The minimum Gasteiger partial charge on any atom is -0.462 e. The van der Waals surface area contributed by atoms with Crippen molar-refractivity contribution in [1.29, 1.82) is 0 Å². The van der Waals surface area contributed by atoms with E-state index in [9.17, 15) is 9.59 Å². The van der Waals surface area contributed by atoms with Crippen molar-refractivity contribution in [1.82, 2.24) is 0 Å². The van der Waals surface area contributed by atoms with Crippen LogP contribution in [0.2, 0.25) is 0 Å². The van der Waals surface area contributed by atoms with Crippen molar-refractivity contribution in [2.75, 3.05) is 11.9 Å². The number of ether oxygens (including phenoxy) is 1. The van der Waals surface area contributed by atoms with Crippen molar-refractivity contribution in [3.8, 4) is 0 Å². The standard InChI is InChI=1S/C19H21NO3/c1-3-23-19(22)16-11-7-8-12-17(16)20-18(21)13-14(2)15-9-5-4-6-10-15/h4-12,14H,3,13H2,1-2H3,(H,20,21). The van der Waals surface area contributed by atoms with E-state index in [0.717, 1.165) is 5.56 Å². The molecule has 0 saturated carbocycles. The number of rotatable bonds is 6. The molecular formula is C19H21NO3. The molecule has 0 aliphatic carbocycles. The number of esters is 1. The summed E-state index contributed by atoms with van der Waals surface area (Å²) in [4.78, 5) is 24.2. The van der Waals surface area contributed by atoms with Crippen LogP contribution in [0.3, 0.4) is 0 Å². The van der Waals surface area contributed by atoms with Gasteiger partial charge < -0.3 is 10.1 Å². The maximum Gasteiger partial charge on any atom is 0.340 e. The zero-order chi connectivity index (χ0) is 16.7. The van der Waals surface area contributed by atoms with E-state index in [1.165, 1.54) is 0 Å². The fourth-order valence-corrected chi connectivity index (χ4v) is 2.36. The molecule has 2 rings (SSSR count). The molecule has 0 aliphatic rings. The van der Waals surface area contributed by atoms with Crippen molar-refractivity contribution in [3.63, 3.8) is 0 Å². The molecule has 0 bridgehead atoms. The minimum atomic E-state index is -0.431. The van der Waals surface area contributed by atoms with Crippen LogP contribution in [-0.4, -0.2) is 18.5 Å². The third-order valence-electron chi connectivity index (χ3n) is 3.56. The SMILES string of the molecule is CCOC(=O)c1ccccc1NC(=O)CC(C)c1ccccc1. The van der Waals surface area contributed by atoms with E-state index >= 15 is 0 Å². The van der Waals surface area contributed by atoms with Crippen LogP contribution in [0, 0.1) is 0 Å². The Hall–Kier alpha value is -2.62. The molecule has 2 aromatic rings. The maximum absolute atomic E-state index is 12.3. The number of nitrogens with one attached hydrogen (secondary N) is 1. The van der Waals surface area contributed by atoms with Gasteiger partial charge in [-0.05, 0) is 30.5 Å². The second-order valence-electron chi connectivity index (χ2n) is 5.33. The fraction of sp³-hybridized carbons (Fsp3) is 0.263. The van der Waals surface area contributed by atoms with Crippen LogP contribution in [-0.2, 0) is 9.53 Å². The molecule has 0 spiro atoms. The maximum atomic E-state index is 12.3. The van der Waals surface area contributed by atoms with Gasteiger partial charge in [-0.3, -0.25) is 4.79 Å². The second-order valence-corrected chi connectivity index (χ2v) is 5.33. The van der Waals surface area contributed by atoms with E-state index in [1.807, 2.05) is 37.3 Å². The van der Waals surface area contributed by atoms with E-state index in [4.69, 9.17) is 4.74 Å². The zero-order valence-electron chi connectivity index (χ0n) is 13.4. The van der Waals surface area contributed by atoms with E-state index in [2.05, 4.69) is 5.32 Å². The van der Waals surface area contributed by atoms with Gasteiger partial charge in [0.05, 0.1) is 17.9 Å². The van der Waals surface area contributed by atoms with Crippen LogP contribution in [0.4, 0.5) is 5.69 Å². The van der Waals surface area contributed by atoms with Crippen molar-refractivity contribution >= 4 is 17.6 Å². The number of hydrogen-bond donors (Lipinski definition) is 1. The van der Waals surface area contributed by atoms with Crippen LogP contribution < -0.4 is 5.32 Å². The lowest BCUT2D eigenvalue weighted by molar-refractivity contribution is -0.116. The molecular weight excluding hydrogens is 290 g/mol. The van der Waals surface area contributed by atoms with E-state index < -0.39 is 5.97 Å². The highest BCUT2D eigenvalue weighted by atomic mass is 16.5. The van der Waals surface area contributed by atoms with Gasteiger partial charge in [-0.1, -0.05) is 49.4 Å². The number of para-hydroxylation sites is 1. The molecule has 1 amide bonds. The molecule has 0 aliphatic heterocycles. The summed E-state index contributed by atoms with van der Waals surface area (Å²) in [6, 6.07) is 16.7. The predicted octanol–water partition coefficient (Wildman–Crippen LogP) is 4.00. The van der Waals surface area contributed by atoms with Crippen LogP contribution >= 0.6 is 0 Å². The Morgan fingerprint density at radius 1 is 1.04 bits per heavy atom. The Kier molecular flexibility index (Phi) is 5.92. The number of carbonyl (C=O) groups is 2. The van der Waals surface area contributed by atoms with Crippen molar-refractivity contribution in [2.45, 2.75) is 26.2 Å². The van der Waals surface area contributed by atoms with Crippen molar-refractivity contribution < 1.29 is 14.3 Å². The first-order chi connectivity index (χ1) is 11.1. The lowest BCUT2D eigenvalue weighted by atomic mass is 9.97. The van der Waals surface area contributed by atoms with Gasteiger partial charge in [-0.25, -0.2) is 4.79 Å². The first kappa shape index (κ1) is 16.7. The van der Waals surface area contributed by atoms with Crippen LogP contribution in [0.5, 0.6) is 0 Å². The van der Waals surface area contributed by atoms with Crippen molar-refractivity contribution in [3.05, 3.63) is 65.7 Å². The average molecular weight is 311 g/mol. The largest absolute Gasteiger partial charge is 0.462 e. The molecule has 0 aromatic heterocycles. The third-order valence-corrected chi connectivity index (χ3v) is 3.56. The summed E-state index contributed by atoms with van der Waals surface area (Å²) >= 11 is 0. The predicted molar refractivity (Wildman–Crippen MR) is 90.5 cm³/mol. The smallest absolute Gasteiger partial charge is 0.340 e. The Balaban J connectivity index is 2.04. The number of hydrogen-bond acceptors (Lipinski definition) is 3. The lowest BCUT2D eigenvalue weighted by Gasteiger charge is -2.13. The topological polar surface area (TPSA) is 55.4 Å². The molecule has 2 aromatic carbocycles. The molecule has 1 unspecified atom stereocenters. The summed E-state index contributed by atoms with van der Waals surface area (Å²) in [5, 5.41) is 2.81. The number of amides is 1. The fourth-order valence-electron chi connectivity index (χ4n) is 2.36. The quantitative estimate of drug-likeness (QED) is 0.821. The Morgan fingerprint density at radius 2 is 1.70 bits per heavy atom. The molecule has 1 atom stereocenters. The van der Waals surface area contributed by atoms with Gasteiger partial charge in [-0.15, -0.1) is 0 Å². The lowest BCUT2D eigenvalue weighted by Crippen LogP contribution is -2.17. The number of benzene rings is 2. The van der Waals surface area contributed by atoms with Crippen LogP contribution in [0.15, 0.2) is 54.6 Å². The van der Waals surface area contributed by atoms with Crippen molar-refractivity contribution in [2.24, 2.45) is 0 Å². The van der Waals surface area contributed by atoms with E-state index in [1.54, 1.807) is 31.2 Å². The number of anilines is 1. The monoisotopic (exact) mass is 311 g/mol. The van der Waals surface area contributed by atoms with Gasteiger partial charge in [0.2, 0.25) is 5.91 Å². The molecule has 4 nitrogen and oxygen atoms in total. The van der Waals surface area contributed by atoms with Gasteiger partial charge in [0.15, 0.2) is 0 Å². The summed E-state index contributed by atoms with van der Waals surface area (Å²) in [5.41, 5.74) is 1.97. The van der Waals surface area contributed by atoms with Crippen LogP contribution in [0.1, 0.15) is 42.1 Å². The number of carbonyl (C=O) groups excluding carboxylic acids is 2. The zero-order valence-corrected chi connectivity index (χ0v) is 13.4. The second kappa shape index (κ2) is 8.13. The highest BCUT2D eigenvalue weighted by molar-refractivity contribution is 6.01. The first-order valence-electron chi connectivity index (χ1n) is 7.72. The van der Waals surface area contributed by atoms with Gasteiger partial charge >= 0.3 is 5.97 Å². The molecule has 1 N–H and O–H groups in total. The molecule has 23 heavy (non-hydrogen) atoms. The van der Waals surface area contributed by atoms with Gasteiger partial charge in [-0.2, -0.15) is 0 Å². The first-order valence-corrected chi connectivity index (χ1v) is 7.72. The summed E-state index contributed by atoms with van der Waals surface area (Å²) in [6.07, 6.45) is 0.348. The molecule has 120 valence electrons. The Bertz CT molecular complexity index is 667. The van der Waals surface area contributed by atoms with Crippen LogP contribution in [0.25, 0.3) is 0 Å². The summed E-state index contributed by atoms with van der Waals surface area (Å²) in [7, 11) is 0. The van der Waals surface area contributed by atoms with Gasteiger partial charge in [0, 0.05) is 6.42 Å². The average Bonchev–Trinajstić information content (AvgIpc) is 2.56. The molecule has 0 saturated heterocycles. The molecule has 0 radical (unpaired) electrons. The minimum absolute atomic E-state index is 0.103. The highest BCUT2D eigenvalue weighted by Gasteiger charge is 2.16. The Morgan fingerprint density at radius 3 is 2.39 bits per heavy atom. The normalized spacial score (nSPS) is 11.6. The summed E-state index contributed by atoms with van der Waals surface area (Å²) in [6.45, 7) is 4.05. The molecule has 4 heteroatoms. The molecule has 0 fully saturated rings. The van der Waals surface area contributed by atoms with E-state index in [0.29, 0.717) is 24.3 Å². The Labute approximate surface area is 136 Å². The summed E-state index contributed by atoms with van der Waals surface area (Å²) < 4.78 is 5.01. The highest BCUT2D eigenvalue weighted by Crippen LogP contribution is 2.21. The molecule has 0 heterocycles. The van der Waals surface area contributed by atoms with Gasteiger partial charge in [0.25, 0.3) is 0 Å². The van der Waals surface area contributed by atoms with Gasteiger partial charge in [0.1, 0.15) is 0 Å². The third kappa shape index (κ3) is 4.68. The van der Waals surface area contributed by atoms with E-state index in [-0.39, 0.29) is 11.8 Å².